The van der Waals surface area contributed by atoms with E-state index in [2.05, 4.69) is 10.5 Å². The SMILES string of the molecule is O=C(N/N=C/c1ccccc1Cl)c1ccccc1-n1cccc1. The summed E-state index contributed by atoms with van der Waals surface area (Å²) in [6.45, 7) is 0. The number of nitrogens with zero attached hydrogens (tertiary/aromatic N) is 2. The summed E-state index contributed by atoms with van der Waals surface area (Å²) in [7, 11) is 0. The van der Waals surface area contributed by atoms with E-state index in [4.69, 9.17) is 11.6 Å². The number of rotatable bonds is 4. The van der Waals surface area contributed by atoms with Crippen LogP contribution < -0.4 is 5.43 Å². The van der Waals surface area contributed by atoms with Gasteiger partial charge >= 0.3 is 0 Å². The molecule has 0 aliphatic heterocycles. The number of carbonyl (C=O) groups excluding carboxylic acids is 1. The van der Waals surface area contributed by atoms with Crippen molar-refractivity contribution in [1.82, 2.24) is 9.99 Å². The van der Waals surface area contributed by atoms with E-state index < -0.39 is 0 Å². The van der Waals surface area contributed by atoms with Crippen molar-refractivity contribution in [2.75, 3.05) is 0 Å². The van der Waals surface area contributed by atoms with Gasteiger partial charge in [0.05, 0.1) is 17.5 Å². The van der Waals surface area contributed by atoms with Crippen molar-refractivity contribution in [3.63, 3.8) is 0 Å². The van der Waals surface area contributed by atoms with Gasteiger partial charge in [-0.3, -0.25) is 4.79 Å². The molecule has 0 saturated carbocycles. The Labute approximate surface area is 139 Å². The standard InChI is InChI=1S/C18H14ClN3O/c19-16-9-3-1-7-14(16)13-20-21-18(23)15-8-2-4-10-17(15)22-11-5-6-12-22/h1-13H,(H,21,23)/b20-13+. The number of para-hydroxylation sites is 1. The lowest BCUT2D eigenvalue weighted by molar-refractivity contribution is 0.0955. The van der Waals surface area contributed by atoms with Crippen LogP contribution >= 0.6 is 11.6 Å². The molecule has 0 radical (unpaired) electrons. The van der Waals surface area contributed by atoms with E-state index in [1.165, 1.54) is 6.21 Å². The van der Waals surface area contributed by atoms with Gasteiger partial charge in [0.15, 0.2) is 0 Å². The first-order valence-corrected chi connectivity index (χ1v) is 7.44. The molecule has 0 unspecified atom stereocenters. The molecule has 1 amide bonds. The van der Waals surface area contributed by atoms with Gasteiger partial charge in [-0.15, -0.1) is 0 Å². The number of nitrogens with one attached hydrogen (secondary N) is 1. The summed E-state index contributed by atoms with van der Waals surface area (Å²) in [4.78, 5) is 12.4. The van der Waals surface area contributed by atoms with E-state index in [1.54, 1.807) is 12.1 Å². The number of halogens is 1. The van der Waals surface area contributed by atoms with Crippen LogP contribution in [0.5, 0.6) is 0 Å². The largest absolute Gasteiger partial charge is 0.323 e. The van der Waals surface area contributed by atoms with Crippen molar-refractivity contribution < 1.29 is 4.79 Å². The average molecular weight is 324 g/mol. The fourth-order valence-corrected chi connectivity index (χ4v) is 2.37. The summed E-state index contributed by atoms with van der Waals surface area (Å²) in [5.74, 6) is -0.280. The molecule has 0 bridgehead atoms. The maximum atomic E-state index is 12.4. The van der Waals surface area contributed by atoms with Gasteiger partial charge in [0.2, 0.25) is 0 Å². The van der Waals surface area contributed by atoms with E-state index in [1.807, 2.05) is 65.5 Å². The zero-order chi connectivity index (χ0) is 16.1. The van der Waals surface area contributed by atoms with Crippen LogP contribution in [0.15, 0.2) is 78.2 Å². The molecule has 1 N–H and O–H groups in total. The van der Waals surface area contributed by atoms with Crippen LogP contribution in [0.1, 0.15) is 15.9 Å². The maximum Gasteiger partial charge on any atom is 0.273 e. The molecule has 1 aromatic heterocycles. The number of hydrogen-bond donors (Lipinski definition) is 1. The Bertz CT molecular complexity index is 841. The van der Waals surface area contributed by atoms with Gasteiger partial charge in [-0.1, -0.05) is 41.9 Å². The third kappa shape index (κ3) is 3.49. The van der Waals surface area contributed by atoms with Gasteiger partial charge < -0.3 is 4.57 Å². The van der Waals surface area contributed by atoms with E-state index >= 15 is 0 Å². The first kappa shape index (κ1) is 15.1. The average Bonchev–Trinajstić information content (AvgIpc) is 3.11. The van der Waals surface area contributed by atoms with Gasteiger partial charge in [-0.05, 0) is 30.3 Å². The quantitative estimate of drug-likeness (QED) is 0.574. The fraction of sp³-hybridized carbons (Fsp3) is 0. The highest BCUT2D eigenvalue weighted by atomic mass is 35.5. The first-order chi connectivity index (χ1) is 11.3. The Morgan fingerprint density at radius 3 is 2.48 bits per heavy atom. The van der Waals surface area contributed by atoms with Crippen LogP contribution in [0.3, 0.4) is 0 Å². The number of amides is 1. The first-order valence-electron chi connectivity index (χ1n) is 7.06. The predicted octanol–water partition coefficient (Wildman–Crippen LogP) is 3.89. The zero-order valence-corrected chi connectivity index (χ0v) is 12.9. The van der Waals surface area contributed by atoms with Crippen molar-refractivity contribution in [2.45, 2.75) is 0 Å². The van der Waals surface area contributed by atoms with Crippen LogP contribution in [0.2, 0.25) is 5.02 Å². The monoisotopic (exact) mass is 323 g/mol. The summed E-state index contributed by atoms with van der Waals surface area (Å²) in [5.41, 5.74) is 4.62. The third-order valence-corrected chi connectivity index (χ3v) is 3.65. The second-order valence-corrected chi connectivity index (χ2v) is 5.24. The topological polar surface area (TPSA) is 46.4 Å². The van der Waals surface area contributed by atoms with Crippen molar-refractivity contribution in [1.29, 1.82) is 0 Å². The summed E-state index contributed by atoms with van der Waals surface area (Å²) in [5, 5.41) is 4.56. The molecule has 0 saturated heterocycles. The lowest BCUT2D eigenvalue weighted by atomic mass is 10.1. The molecule has 0 aliphatic rings. The third-order valence-electron chi connectivity index (χ3n) is 3.31. The molecule has 5 heteroatoms. The van der Waals surface area contributed by atoms with Gasteiger partial charge in [0, 0.05) is 23.0 Å². The molecule has 114 valence electrons. The summed E-state index contributed by atoms with van der Waals surface area (Å²) in [6.07, 6.45) is 5.30. The number of hydrogen-bond acceptors (Lipinski definition) is 2. The molecule has 0 aliphatic carbocycles. The molecule has 0 spiro atoms. The summed E-state index contributed by atoms with van der Waals surface area (Å²) >= 11 is 6.04. The predicted molar refractivity (Wildman–Crippen MR) is 92.3 cm³/mol. The molecule has 0 atom stereocenters. The normalized spacial score (nSPS) is 10.8. The van der Waals surface area contributed by atoms with Crippen LogP contribution in [0, 0.1) is 0 Å². The highest BCUT2D eigenvalue weighted by molar-refractivity contribution is 6.33. The fourth-order valence-electron chi connectivity index (χ4n) is 2.19. The zero-order valence-electron chi connectivity index (χ0n) is 12.2. The smallest absolute Gasteiger partial charge is 0.273 e. The van der Waals surface area contributed by atoms with Crippen LogP contribution in [0.25, 0.3) is 5.69 Å². The van der Waals surface area contributed by atoms with Crippen LogP contribution in [0.4, 0.5) is 0 Å². The molecule has 3 rings (SSSR count). The number of carbonyl (C=O) groups is 1. The van der Waals surface area contributed by atoms with Crippen molar-refractivity contribution >= 4 is 23.7 Å². The van der Waals surface area contributed by atoms with Crippen molar-refractivity contribution in [3.8, 4) is 5.69 Å². The second-order valence-electron chi connectivity index (χ2n) is 4.83. The highest BCUT2D eigenvalue weighted by Crippen LogP contribution is 2.15. The molecule has 0 fully saturated rings. The lowest BCUT2D eigenvalue weighted by Gasteiger charge is -2.09. The molecule has 4 nitrogen and oxygen atoms in total. The van der Waals surface area contributed by atoms with Crippen molar-refractivity contribution in [3.05, 3.63) is 89.2 Å². The minimum Gasteiger partial charge on any atom is -0.323 e. The van der Waals surface area contributed by atoms with E-state index in [0.29, 0.717) is 10.6 Å². The van der Waals surface area contributed by atoms with Gasteiger partial charge in [0.25, 0.3) is 5.91 Å². The van der Waals surface area contributed by atoms with E-state index in [9.17, 15) is 4.79 Å². The van der Waals surface area contributed by atoms with E-state index in [0.717, 1.165) is 11.3 Å². The minimum absolute atomic E-state index is 0.280. The Hall–Kier alpha value is -2.85. The van der Waals surface area contributed by atoms with Gasteiger partial charge in [-0.25, -0.2) is 5.43 Å². The maximum absolute atomic E-state index is 12.4. The van der Waals surface area contributed by atoms with Gasteiger partial charge in [-0.2, -0.15) is 5.10 Å². The van der Waals surface area contributed by atoms with Gasteiger partial charge in [0.1, 0.15) is 0 Å². The second kappa shape index (κ2) is 6.94. The molecule has 2 aromatic carbocycles. The Balaban J connectivity index is 1.78. The molecule has 3 aromatic rings. The molecule has 1 heterocycles. The highest BCUT2D eigenvalue weighted by Gasteiger charge is 2.10. The summed E-state index contributed by atoms with van der Waals surface area (Å²) in [6, 6.07) is 18.5. The minimum atomic E-state index is -0.280. The number of hydrazone groups is 1. The van der Waals surface area contributed by atoms with Crippen molar-refractivity contribution in [2.24, 2.45) is 5.10 Å². The Kier molecular flexibility index (Phi) is 4.54. The van der Waals surface area contributed by atoms with Crippen LogP contribution in [-0.4, -0.2) is 16.7 Å². The number of aromatic nitrogens is 1. The molecular formula is C18H14ClN3O. The Morgan fingerprint density at radius 1 is 1.00 bits per heavy atom. The lowest BCUT2D eigenvalue weighted by Crippen LogP contribution is -2.19. The summed E-state index contributed by atoms with van der Waals surface area (Å²) < 4.78 is 1.88. The van der Waals surface area contributed by atoms with Crippen LogP contribution in [-0.2, 0) is 0 Å². The van der Waals surface area contributed by atoms with E-state index in [-0.39, 0.29) is 5.91 Å². The molecule has 23 heavy (non-hydrogen) atoms. The number of benzene rings is 2. The Morgan fingerprint density at radius 2 is 1.70 bits per heavy atom. The molecular weight excluding hydrogens is 310 g/mol.